The zero-order valence-electron chi connectivity index (χ0n) is 17.1. The maximum Gasteiger partial charge on any atom is 0.416 e. The first-order chi connectivity index (χ1) is 15.5. The number of hydrogen-bond donors (Lipinski definition) is 1. The Labute approximate surface area is 193 Å². The first-order valence-electron chi connectivity index (χ1n) is 9.40. The Bertz CT molecular complexity index is 1250. The van der Waals surface area contributed by atoms with E-state index in [-0.39, 0.29) is 21.3 Å². The molecule has 3 aromatic carbocycles. The number of alkyl halides is 3. The lowest BCUT2D eigenvalue weighted by Crippen LogP contribution is -2.38. The molecule has 0 spiro atoms. The third-order valence-electron chi connectivity index (χ3n) is 4.50. The van der Waals surface area contributed by atoms with Crippen molar-refractivity contribution in [3.8, 4) is 5.75 Å². The minimum atomic E-state index is -4.59. The summed E-state index contributed by atoms with van der Waals surface area (Å²) in [7, 11) is -2.81. The number of carbonyl (C=O) groups is 1. The lowest BCUT2D eigenvalue weighted by Gasteiger charge is -2.24. The van der Waals surface area contributed by atoms with Gasteiger partial charge < -0.3 is 10.1 Å². The Morgan fingerprint density at radius 1 is 1.03 bits per heavy atom. The summed E-state index contributed by atoms with van der Waals surface area (Å²) in [6.07, 6.45) is -4.59. The number of sulfonamides is 1. The van der Waals surface area contributed by atoms with Crippen LogP contribution in [-0.2, 0) is 21.0 Å². The zero-order valence-corrected chi connectivity index (χ0v) is 18.7. The largest absolute Gasteiger partial charge is 0.497 e. The molecule has 0 aromatic heterocycles. The highest BCUT2D eigenvalue weighted by Gasteiger charge is 2.31. The molecule has 0 saturated carbocycles. The van der Waals surface area contributed by atoms with Gasteiger partial charge in [-0.15, -0.1) is 0 Å². The number of carbonyl (C=O) groups excluding carboxylic acids is 1. The van der Waals surface area contributed by atoms with Gasteiger partial charge in [0, 0.05) is 10.7 Å². The van der Waals surface area contributed by atoms with Crippen molar-refractivity contribution in [2.24, 2.45) is 0 Å². The van der Waals surface area contributed by atoms with Gasteiger partial charge in [0.1, 0.15) is 12.3 Å². The molecule has 0 heterocycles. The fraction of sp³-hybridized carbons (Fsp3) is 0.136. The van der Waals surface area contributed by atoms with Crippen LogP contribution in [-0.4, -0.2) is 28.0 Å². The molecule has 33 heavy (non-hydrogen) atoms. The molecule has 6 nitrogen and oxygen atoms in total. The Morgan fingerprint density at radius 3 is 2.30 bits per heavy atom. The molecule has 0 saturated heterocycles. The van der Waals surface area contributed by atoms with E-state index in [1.807, 2.05) is 0 Å². The normalized spacial score (nSPS) is 11.7. The molecule has 0 unspecified atom stereocenters. The number of benzene rings is 3. The molecule has 0 bridgehead atoms. The molecule has 1 N–H and O–H groups in total. The van der Waals surface area contributed by atoms with Gasteiger partial charge in [-0.3, -0.25) is 9.10 Å². The number of rotatable bonds is 7. The fourth-order valence-corrected chi connectivity index (χ4v) is 4.52. The molecule has 3 rings (SSSR count). The monoisotopic (exact) mass is 498 g/mol. The van der Waals surface area contributed by atoms with Crippen molar-refractivity contribution < 1.29 is 31.1 Å². The summed E-state index contributed by atoms with van der Waals surface area (Å²) < 4.78 is 71.4. The molecule has 3 aromatic rings. The minimum absolute atomic E-state index is 0.109. The number of methoxy groups -OCH3 is 1. The summed E-state index contributed by atoms with van der Waals surface area (Å²) in [4.78, 5) is 12.6. The summed E-state index contributed by atoms with van der Waals surface area (Å²) in [5.74, 6) is -0.406. The van der Waals surface area contributed by atoms with Crippen LogP contribution < -0.4 is 14.4 Å². The van der Waals surface area contributed by atoms with Crippen molar-refractivity contribution in [1.29, 1.82) is 0 Å². The summed E-state index contributed by atoms with van der Waals surface area (Å²) in [6, 6.07) is 15.4. The van der Waals surface area contributed by atoms with E-state index in [2.05, 4.69) is 5.32 Å². The zero-order chi connectivity index (χ0) is 24.2. The predicted octanol–water partition coefficient (Wildman–Crippen LogP) is 5.20. The average Bonchev–Trinajstić information content (AvgIpc) is 2.77. The van der Waals surface area contributed by atoms with Crippen LogP contribution in [0, 0.1) is 0 Å². The van der Waals surface area contributed by atoms with Crippen LogP contribution in [0.5, 0.6) is 5.75 Å². The maximum atomic E-state index is 13.3. The van der Waals surface area contributed by atoms with E-state index in [1.165, 1.54) is 61.7 Å². The predicted molar refractivity (Wildman–Crippen MR) is 119 cm³/mol. The van der Waals surface area contributed by atoms with Crippen molar-refractivity contribution >= 4 is 38.9 Å². The molecule has 1 amide bonds. The quantitative estimate of drug-likeness (QED) is 0.486. The van der Waals surface area contributed by atoms with E-state index in [1.54, 1.807) is 0 Å². The molecule has 0 radical (unpaired) electrons. The Kier molecular flexibility index (Phi) is 7.19. The van der Waals surface area contributed by atoms with Gasteiger partial charge in [0.2, 0.25) is 5.91 Å². The van der Waals surface area contributed by atoms with Crippen molar-refractivity contribution in [3.63, 3.8) is 0 Å². The Balaban J connectivity index is 1.93. The summed E-state index contributed by atoms with van der Waals surface area (Å²) in [6.45, 7) is -0.703. The van der Waals surface area contributed by atoms with Gasteiger partial charge in [0.25, 0.3) is 10.0 Å². The minimum Gasteiger partial charge on any atom is -0.497 e. The van der Waals surface area contributed by atoms with E-state index >= 15 is 0 Å². The second kappa shape index (κ2) is 9.72. The summed E-state index contributed by atoms with van der Waals surface area (Å²) >= 11 is 6.01. The van der Waals surface area contributed by atoms with Gasteiger partial charge in [-0.2, -0.15) is 13.2 Å². The van der Waals surface area contributed by atoms with Crippen LogP contribution in [0.15, 0.2) is 77.7 Å². The highest BCUT2D eigenvalue weighted by atomic mass is 35.5. The highest BCUT2D eigenvalue weighted by Crippen LogP contribution is 2.31. The molecule has 174 valence electrons. The van der Waals surface area contributed by atoms with E-state index in [0.717, 1.165) is 22.5 Å². The number of halogens is 4. The maximum absolute atomic E-state index is 13.3. The summed E-state index contributed by atoms with van der Waals surface area (Å²) in [5.41, 5.74) is -0.960. The third-order valence-corrected chi connectivity index (χ3v) is 6.53. The van der Waals surface area contributed by atoms with Crippen LogP contribution in [0.1, 0.15) is 5.56 Å². The number of amides is 1. The molecule has 0 fully saturated rings. The molecule has 11 heteroatoms. The second-order valence-electron chi connectivity index (χ2n) is 6.79. The van der Waals surface area contributed by atoms with Crippen molar-refractivity contribution in [1.82, 2.24) is 0 Å². The smallest absolute Gasteiger partial charge is 0.416 e. The van der Waals surface area contributed by atoms with Crippen molar-refractivity contribution in [3.05, 3.63) is 83.4 Å². The molecule has 0 aliphatic rings. The van der Waals surface area contributed by atoms with Crippen LogP contribution >= 0.6 is 11.6 Å². The van der Waals surface area contributed by atoms with Gasteiger partial charge in [0.15, 0.2) is 0 Å². The standard InChI is InChI=1S/C22H18ClF3N2O4S/c1-32-19-8-10-20(11-9-19)33(30,31)28(18-7-3-5-16(23)13-18)14-21(29)27-17-6-2-4-15(12-17)22(24,25)26/h2-13H,14H2,1H3,(H,27,29). The highest BCUT2D eigenvalue weighted by molar-refractivity contribution is 7.92. The molecule has 0 aliphatic heterocycles. The van der Waals surface area contributed by atoms with E-state index in [9.17, 15) is 26.4 Å². The Morgan fingerprint density at radius 2 is 1.70 bits per heavy atom. The molecule has 0 atom stereocenters. The van der Waals surface area contributed by atoms with Crippen LogP contribution in [0.4, 0.5) is 24.5 Å². The van der Waals surface area contributed by atoms with Crippen LogP contribution in [0.3, 0.4) is 0 Å². The topological polar surface area (TPSA) is 75.7 Å². The number of hydrogen-bond acceptors (Lipinski definition) is 4. The van der Waals surface area contributed by atoms with Crippen molar-refractivity contribution in [2.75, 3.05) is 23.3 Å². The molecule has 0 aliphatic carbocycles. The van der Waals surface area contributed by atoms with Gasteiger partial charge in [-0.1, -0.05) is 23.7 Å². The number of nitrogens with zero attached hydrogens (tertiary/aromatic N) is 1. The van der Waals surface area contributed by atoms with Gasteiger partial charge >= 0.3 is 6.18 Å². The first kappa shape index (κ1) is 24.4. The van der Waals surface area contributed by atoms with Crippen molar-refractivity contribution in [2.45, 2.75) is 11.1 Å². The van der Waals surface area contributed by atoms with E-state index < -0.39 is 34.2 Å². The first-order valence-corrected chi connectivity index (χ1v) is 11.2. The van der Waals surface area contributed by atoms with Gasteiger partial charge in [-0.25, -0.2) is 8.42 Å². The number of ether oxygens (including phenoxy) is 1. The second-order valence-corrected chi connectivity index (χ2v) is 9.09. The SMILES string of the molecule is COc1ccc(S(=O)(=O)N(CC(=O)Nc2cccc(C(F)(F)F)c2)c2cccc(Cl)c2)cc1. The van der Waals surface area contributed by atoms with Gasteiger partial charge in [-0.05, 0) is 60.7 Å². The fourth-order valence-electron chi connectivity index (χ4n) is 2.93. The Hall–Kier alpha value is -3.24. The third kappa shape index (κ3) is 5.96. The molecular formula is C22H18ClF3N2O4S. The molecular weight excluding hydrogens is 481 g/mol. The average molecular weight is 499 g/mol. The van der Waals surface area contributed by atoms with Crippen LogP contribution in [0.2, 0.25) is 5.02 Å². The van der Waals surface area contributed by atoms with E-state index in [4.69, 9.17) is 16.3 Å². The number of nitrogens with one attached hydrogen (secondary N) is 1. The lowest BCUT2D eigenvalue weighted by molar-refractivity contribution is -0.137. The van der Waals surface area contributed by atoms with E-state index in [0.29, 0.717) is 5.75 Å². The van der Waals surface area contributed by atoms with Gasteiger partial charge in [0.05, 0.1) is 23.3 Å². The lowest BCUT2D eigenvalue weighted by atomic mass is 10.2. The number of anilines is 2. The summed E-state index contributed by atoms with van der Waals surface area (Å²) in [5, 5.41) is 2.55. The van der Waals surface area contributed by atoms with Crippen LogP contribution in [0.25, 0.3) is 0 Å².